The molecule has 0 radical (unpaired) electrons. The zero-order valence-corrected chi connectivity index (χ0v) is 14.2. The summed E-state index contributed by atoms with van der Waals surface area (Å²) in [6.45, 7) is 5.66. The van der Waals surface area contributed by atoms with E-state index in [4.69, 9.17) is 4.42 Å². The largest absolute Gasteiger partial charge is 0.419 e. The van der Waals surface area contributed by atoms with Gasteiger partial charge < -0.3 is 4.42 Å². The first-order chi connectivity index (χ1) is 11.1. The first-order valence-electron chi connectivity index (χ1n) is 7.47. The second-order valence-corrected chi connectivity index (χ2v) is 6.64. The van der Waals surface area contributed by atoms with Gasteiger partial charge in [0.1, 0.15) is 0 Å². The first kappa shape index (κ1) is 15.8. The van der Waals surface area contributed by atoms with Crippen LogP contribution in [-0.4, -0.2) is 32.1 Å². The van der Waals surface area contributed by atoms with Crippen molar-refractivity contribution >= 4 is 11.3 Å². The van der Waals surface area contributed by atoms with Gasteiger partial charge in [0.25, 0.3) is 0 Å². The maximum atomic E-state index is 5.70. The van der Waals surface area contributed by atoms with Gasteiger partial charge >= 0.3 is 0 Å². The van der Waals surface area contributed by atoms with Gasteiger partial charge in [0.05, 0.1) is 22.8 Å². The molecule has 0 saturated carbocycles. The van der Waals surface area contributed by atoms with Crippen LogP contribution in [0.1, 0.15) is 36.4 Å². The quantitative estimate of drug-likeness (QED) is 0.691. The Morgan fingerprint density at radius 1 is 1.26 bits per heavy atom. The zero-order valence-electron chi connectivity index (χ0n) is 13.4. The lowest BCUT2D eigenvalue weighted by Crippen LogP contribution is -2.17. The summed E-state index contributed by atoms with van der Waals surface area (Å²) in [5.41, 5.74) is 1.91. The smallest absolute Gasteiger partial charge is 0.249 e. The third-order valence-corrected chi connectivity index (χ3v) is 4.47. The Morgan fingerprint density at radius 2 is 2.13 bits per heavy atom. The second kappa shape index (κ2) is 6.97. The van der Waals surface area contributed by atoms with Crippen LogP contribution in [-0.2, 0) is 13.1 Å². The van der Waals surface area contributed by atoms with Crippen LogP contribution in [0.5, 0.6) is 0 Å². The zero-order chi connectivity index (χ0) is 16.2. The van der Waals surface area contributed by atoms with E-state index < -0.39 is 0 Å². The van der Waals surface area contributed by atoms with Crippen LogP contribution in [0.3, 0.4) is 0 Å². The van der Waals surface area contributed by atoms with Crippen molar-refractivity contribution in [3.05, 3.63) is 46.5 Å². The molecule has 0 aliphatic carbocycles. The molecule has 0 unspecified atom stereocenters. The molecule has 3 aromatic rings. The summed E-state index contributed by atoms with van der Waals surface area (Å²) < 4.78 is 5.70. The highest BCUT2D eigenvalue weighted by molar-refractivity contribution is 7.09. The highest BCUT2D eigenvalue weighted by Crippen LogP contribution is 2.20. The average molecular weight is 329 g/mol. The van der Waals surface area contributed by atoms with Gasteiger partial charge in [-0.1, -0.05) is 13.8 Å². The monoisotopic (exact) mass is 329 g/mol. The molecular weight excluding hydrogens is 310 g/mol. The summed E-state index contributed by atoms with van der Waals surface area (Å²) in [6.07, 6.45) is 3.43. The van der Waals surface area contributed by atoms with E-state index in [0.717, 1.165) is 17.8 Å². The molecule has 7 heteroatoms. The maximum absolute atomic E-state index is 5.70. The summed E-state index contributed by atoms with van der Waals surface area (Å²) in [6, 6.07) is 3.75. The van der Waals surface area contributed by atoms with Crippen LogP contribution < -0.4 is 0 Å². The van der Waals surface area contributed by atoms with Crippen molar-refractivity contribution < 1.29 is 4.42 Å². The van der Waals surface area contributed by atoms with Gasteiger partial charge in [0.2, 0.25) is 11.8 Å². The minimum atomic E-state index is 0.469. The molecule has 0 fully saturated rings. The third kappa shape index (κ3) is 4.00. The highest BCUT2D eigenvalue weighted by atomic mass is 32.1. The van der Waals surface area contributed by atoms with E-state index in [1.54, 1.807) is 23.7 Å². The van der Waals surface area contributed by atoms with Gasteiger partial charge in [-0.05, 0) is 19.2 Å². The fourth-order valence-electron chi connectivity index (χ4n) is 2.15. The number of hydrogen-bond acceptors (Lipinski definition) is 7. The van der Waals surface area contributed by atoms with Gasteiger partial charge in [0, 0.05) is 30.2 Å². The van der Waals surface area contributed by atoms with E-state index in [0.29, 0.717) is 24.2 Å². The molecular formula is C16H19N5OS. The molecule has 0 bridgehead atoms. The molecule has 6 nitrogen and oxygen atoms in total. The van der Waals surface area contributed by atoms with E-state index in [9.17, 15) is 0 Å². The molecule has 0 aromatic carbocycles. The van der Waals surface area contributed by atoms with Gasteiger partial charge in [-0.3, -0.25) is 9.88 Å². The topological polar surface area (TPSA) is 67.9 Å². The van der Waals surface area contributed by atoms with Crippen LogP contribution in [0.25, 0.3) is 11.5 Å². The van der Waals surface area contributed by atoms with Gasteiger partial charge in [-0.25, -0.2) is 4.98 Å². The van der Waals surface area contributed by atoms with Crippen molar-refractivity contribution in [3.63, 3.8) is 0 Å². The molecule has 120 valence electrons. The number of nitrogens with zero attached hydrogens (tertiary/aromatic N) is 5. The highest BCUT2D eigenvalue weighted by Gasteiger charge is 2.12. The second-order valence-electron chi connectivity index (χ2n) is 5.75. The van der Waals surface area contributed by atoms with Crippen molar-refractivity contribution in [1.29, 1.82) is 0 Å². The lowest BCUT2D eigenvalue weighted by atomic mass is 10.2. The number of thiazole rings is 1. The Labute approximate surface area is 139 Å². The predicted molar refractivity (Wildman–Crippen MR) is 88.9 cm³/mol. The molecule has 0 aliphatic heterocycles. The predicted octanol–water partition coefficient (Wildman–Crippen LogP) is 3.34. The molecule has 23 heavy (non-hydrogen) atoms. The van der Waals surface area contributed by atoms with Gasteiger partial charge in [0.15, 0.2) is 0 Å². The van der Waals surface area contributed by atoms with E-state index in [1.807, 2.05) is 19.2 Å². The summed E-state index contributed by atoms with van der Waals surface area (Å²) in [5, 5.41) is 11.5. The summed E-state index contributed by atoms with van der Waals surface area (Å²) in [7, 11) is 2.02. The van der Waals surface area contributed by atoms with Crippen LogP contribution in [0.2, 0.25) is 0 Å². The van der Waals surface area contributed by atoms with Gasteiger partial charge in [-0.2, -0.15) is 0 Å². The third-order valence-electron chi connectivity index (χ3n) is 3.28. The fraction of sp³-hybridized carbons (Fsp3) is 0.375. The minimum absolute atomic E-state index is 0.469. The van der Waals surface area contributed by atoms with Crippen molar-refractivity contribution in [1.82, 2.24) is 25.1 Å². The Kier molecular flexibility index (Phi) is 4.78. The Balaban J connectivity index is 1.61. The number of aromatic nitrogens is 4. The van der Waals surface area contributed by atoms with Crippen molar-refractivity contribution in [2.75, 3.05) is 7.05 Å². The molecule has 3 aromatic heterocycles. The summed E-state index contributed by atoms with van der Waals surface area (Å²) in [4.78, 5) is 10.8. The lowest BCUT2D eigenvalue weighted by molar-refractivity contribution is 0.280. The molecule has 3 rings (SSSR count). The minimum Gasteiger partial charge on any atom is -0.419 e. The normalized spacial score (nSPS) is 11.5. The average Bonchev–Trinajstić information content (AvgIpc) is 3.18. The number of hydrogen-bond donors (Lipinski definition) is 0. The summed E-state index contributed by atoms with van der Waals surface area (Å²) >= 11 is 1.71. The molecule has 0 N–H and O–H groups in total. The van der Waals surface area contributed by atoms with Crippen molar-refractivity contribution in [2.45, 2.75) is 32.9 Å². The maximum Gasteiger partial charge on any atom is 0.249 e. The molecule has 0 aliphatic rings. The lowest BCUT2D eigenvalue weighted by Gasteiger charge is -2.12. The van der Waals surface area contributed by atoms with Crippen LogP contribution in [0, 0.1) is 0 Å². The van der Waals surface area contributed by atoms with Crippen molar-refractivity contribution in [2.24, 2.45) is 0 Å². The standard InChI is InChI=1S/C16H19N5OS/c1-11(2)16-18-13(10-23-16)8-21(3)9-14-19-20-15(22-14)12-5-4-6-17-7-12/h4-7,10-11H,8-9H2,1-3H3. The van der Waals surface area contributed by atoms with Crippen molar-refractivity contribution in [3.8, 4) is 11.5 Å². The summed E-state index contributed by atoms with van der Waals surface area (Å²) in [5.74, 6) is 1.56. The number of rotatable bonds is 6. The van der Waals surface area contributed by atoms with Crippen LogP contribution >= 0.6 is 11.3 Å². The SMILES string of the molecule is CC(C)c1nc(CN(C)Cc2nnc(-c3cccnc3)o2)cs1. The number of pyridine rings is 1. The van der Waals surface area contributed by atoms with E-state index >= 15 is 0 Å². The molecule has 0 spiro atoms. The molecule has 0 saturated heterocycles. The molecule has 3 heterocycles. The fourth-order valence-corrected chi connectivity index (χ4v) is 2.97. The van der Waals surface area contributed by atoms with Crippen LogP contribution in [0.15, 0.2) is 34.3 Å². The van der Waals surface area contributed by atoms with E-state index in [2.05, 4.69) is 44.3 Å². The Hall–Kier alpha value is -2.12. The first-order valence-corrected chi connectivity index (χ1v) is 8.35. The van der Waals surface area contributed by atoms with Gasteiger partial charge in [-0.15, -0.1) is 21.5 Å². The molecule has 0 atom stereocenters. The Morgan fingerprint density at radius 3 is 2.83 bits per heavy atom. The van der Waals surface area contributed by atoms with E-state index in [1.165, 1.54) is 5.01 Å². The Bertz CT molecular complexity index is 753. The van der Waals surface area contributed by atoms with E-state index in [-0.39, 0.29) is 0 Å². The molecule has 0 amide bonds. The van der Waals surface area contributed by atoms with Crippen LogP contribution in [0.4, 0.5) is 0 Å².